The summed E-state index contributed by atoms with van der Waals surface area (Å²) in [5, 5.41) is 2.57. The minimum absolute atomic E-state index is 0.140. The molecule has 0 radical (unpaired) electrons. The van der Waals surface area contributed by atoms with Gasteiger partial charge in [0.25, 0.3) is 5.91 Å². The number of imidazole rings is 1. The number of benzene rings is 2. The van der Waals surface area contributed by atoms with Crippen LogP contribution in [-0.4, -0.2) is 28.7 Å². The molecular weight excluding hydrogens is 302 g/mol. The van der Waals surface area contributed by atoms with E-state index in [1.165, 1.54) is 6.08 Å². The van der Waals surface area contributed by atoms with Crippen molar-refractivity contribution in [2.24, 2.45) is 0 Å². The standard InChI is InChI=1S/C19H17N3O2/c1-12-3-9-15-16(11-12)22-18(21-15)17(23)10-6-13-4-7-14(8-5-13)19(24)20-2/h3-11H,1-2H3,(H,20,24)(H,21,22). The van der Waals surface area contributed by atoms with Gasteiger partial charge in [0.05, 0.1) is 11.0 Å². The van der Waals surface area contributed by atoms with Gasteiger partial charge in [0, 0.05) is 12.6 Å². The number of amides is 1. The van der Waals surface area contributed by atoms with Crippen LogP contribution in [-0.2, 0) is 0 Å². The van der Waals surface area contributed by atoms with E-state index in [4.69, 9.17) is 0 Å². The third-order valence-corrected chi connectivity index (χ3v) is 3.70. The van der Waals surface area contributed by atoms with E-state index in [1.807, 2.05) is 25.1 Å². The monoisotopic (exact) mass is 319 g/mol. The maximum absolute atomic E-state index is 12.2. The van der Waals surface area contributed by atoms with Crippen molar-refractivity contribution in [3.05, 3.63) is 71.1 Å². The molecule has 3 aromatic rings. The first-order valence-corrected chi connectivity index (χ1v) is 7.58. The summed E-state index contributed by atoms with van der Waals surface area (Å²) in [7, 11) is 1.59. The van der Waals surface area contributed by atoms with Crippen molar-refractivity contribution in [2.45, 2.75) is 6.92 Å². The minimum atomic E-state index is -0.195. The first-order valence-electron chi connectivity index (χ1n) is 7.58. The molecule has 0 saturated carbocycles. The normalized spacial score (nSPS) is 11.1. The Hall–Kier alpha value is -3.21. The fraction of sp³-hybridized carbons (Fsp3) is 0.105. The zero-order valence-corrected chi connectivity index (χ0v) is 13.5. The number of fused-ring (bicyclic) bond motifs is 1. The summed E-state index contributed by atoms with van der Waals surface area (Å²) in [4.78, 5) is 31.1. The van der Waals surface area contributed by atoms with Gasteiger partial charge in [-0.15, -0.1) is 0 Å². The van der Waals surface area contributed by atoms with Crippen molar-refractivity contribution in [3.63, 3.8) is 0 Å². The SMILES string of the molecule is CNC(=O)c1ccc(C=CC(=O)c2nc3ccc(C)cc3[nH]2)cc1. The highest BCUT2D eigenvalue weighted by Gasteiger charge is 2.08. The Morgan fingerprint density at radius 2 is 1.88 bits per heavy atom. The van der Waals surface area contributed by atoms with Gasteiger partial charge in [0.15, 0.2) is 5.82 Å². The summed E-state index contributed by atoms with van der Waals surface area (Å²) in [6.45, 7) is 1.99. The van der Waals surface area contributed by atoms with Crippen molar-refractivity contribution in [2.75, 3.05) is 7.05 Å². The summed E-state index contributed by atoms with van der Waals surface area (Å²) in [5.74, 6) is -0.0211. The van der Waals surface area contributed by atoms with E-state index in [2.05, 4.69) is 15.3 Å². The molecular formula is C19H17N3O2. The number of ketones is 1. The molecule has 120 valence electrons. The van der Waals surface area contributed by atoms with E-state index < -0.39 is 0 Å². The number of aromatic amines is 1. The molecule has 2 aromatic carbocycles. The summed E-state index contributed by atoms with van der Waals surface area (Å²) in [5.41, 5.74) is 4.14. The van der Waals surface area contributed by atoms with Crippen molar-refractivity contribution in [1.29, 1.82) is 0 Å². The van der Waals surface area contributed by atoms with E-state index in [0.717, 1.165) is 22.2 Å². The number of carbonyl (C=O) groups is 2. The van der Waals surface area contributed by atoms with Gasteiger partial charge in [-0.25, -0.2) is 4.98 Å². The Labute approximate surface area is 139 Å². The molecule has 0 fully saturated rings. The highest BCUT2D eigenvalue weighted by atomic mass is 16.1. The van der Waals surface area contributed by atoms with Gasteiger partial charge >= 0.3 is 0 Å². The number of carbonyl (C=O) groups excluding carboxylic acids is 2. The molecule has 0 aliphatic heterocycles. The molecule has 0 saturated heterocycles. The fourth-order valence-corrected chi connectivity index (χ4v) is 2.38. The Morgan fingerprint density at radius 1 is 1.12 bits per heavy atom. The molecule has 0 aliphatic rings. The highest BCUT2D eigenvalue weighted by molar-refractivity contribution is 6.06. The third kappa shape index (κ3) is 3.25. The van der Waals surface area contributed by atoms with E-state index in [0.29, 0.717) is 11.4 Å². The van der Waals surface area contributed by atoms with Crippen LogP contribution in [0.2, 0.25) is 0 Å². The van der Waals surface area contributed by atoms with Gasteiger partial charge in [-0.05, 0) is 48.4 Å². The van der Waals surface area contributed by atoms with Gasteiger partial charge in [0.1, 0.15) is 0 Å². The molecule has 0 spiro atoms. The molecule has 5 nitrogen and oxygen atoms in total. The Morgan fingerprint density at radius 3 is 2.58 bits per heavy atom. The summed E-state index contributed by atoms with van der Waals surface area (Å²) in [6, 6.07) is 12.8. The Bertz CT molecular complexity index is 937. The number of H-pyrrole nitrogens is 1. The van der Waals surface area contributed by atoms with E-state index in [9.17, 15) is 9.59 Å². The van der Waals surface area contributed by atoms with Gasteiger partial charge < -0.3 is 10.3 Å². The van der Waals surface area contributed by atoms with Crippen LogP contribution in [0, 0.1) is 6.92 Å². The zero-order chi connectivity index (χ0) is 17.1. The van der Waals surface area contributed by atoms with Crippen LogP contribution < -0.4 is 5.32 Å². The van der Waals surface area contributed by atoms with Gasteiger partial charge in [0.2, 0.25) is 5.78 Å². The lowest BCUT2D eigenvalue weighted by molar-refractivity contribution is 0.0962. The maximum Gasteiger partial charge on any atom is 0.251 e. The molecule has 0 unspecified atom stereocenters. The summed E-state index contributed by atoms with van der Waals surface area (Å²) >= 11 is 0. The number of aromatic nitrogens is 2. The lowest BCUT2D eigenvalue weighted by Gasteiger charge is -1.99. The molecule has 0 atom stereocenters. The van der Waals surface area contributed by atoms with Crippen molar-refractivity contribution < 1.29 is 9.59 Å². The number of rotatable bonds is 4. The predicted molar refractivity (Wildman–Crippen MR) is 94.0 cm³/mol. The molecule has 0 aliphatic carbocycles. The second-order valence-electron chi connectivity index (χ2n) is 5.50. The van der Waals surface area contributed by atoms with Crippen molar-refractivity contribution in [1.82, 2.24) is 15.3 Å². The topological polar surface area (TPSA) is 74.8 Å². The molecule has 3 rings (SSSR count). The molecule has 0 bridgehead atoms. The predicted octanol–water partition coefficient (Wildman–Crippen LogP) is 3.13. The Kier molecular flexibility index (Phi) is 4.24. The number of aryl methyl sites for hydroxylation is 1. The minimum Gasteiger partial charge on any atom is -0.355 e. The van der Waals surface area contributed by atoms with Crippen LogP contribution in [0.4, 0.5) is 0 Å². The van der Waals surface area contributed by atoms with Gasteiger partial charge in [-0.1, -0.05) is 24.3 Å². The van der Waals surface area contributed by atoms with Crippen LogP contribution >= 0.6 is 0 Å². The number of hydrogen-bond acceptors (Lipinski definition) is 3. The zero-order valence-electron chi connectivity index (χ0n) is 13.5. The second kappa shape index (κ2) is 6.50. The van der Waals surface area contributed by atoms with E-state index in [1.54, 1.807) is 37.4 Å². The molecule has 5 heteroatoms. The highest BCUT2D eigenvalue weighted by Crippen LogP contribution is 2.14. The number of nitrogens with one attached hydrogen (secondary N) is 2. The maximum atomic E-state index is 12.2. The largest absolute Gasteiger partial charge is 0.355 e. The third-order valence-electron chi connectivity index (χ3n) is 3.70. The number of allylic oxidation sites excluding steroid dienone is 1. The van der Waals surface area contributed by atoms with Gasteiger partial charge in [-0.2, -0.15) is 0 Å². The molecule has 1 amide bonds. The number of hydrogen-bond donors (Lipinski definition) is 2. The average Bonchev–Trinajstić information content (AvgIpc) is 3.02. The van der Waals surface area contributed by atoms with Crippen LogP contribution in [0.25, 0.3) is 17.1 Å². The first-order chi connectivity index (χ1) is 11.6. The van der Waals surface area contributed by atoms with Crippen molar-refractivity contribution in [3.8, 4) is 0 Å². The lowest BCUT2D eigenvalue weighted by atomic mass is 10.1. The smallest absolute Gasteiger partial charge is 0.251 e. The second-order valence-corrected chi connectivity index (χ2v) is 5.50. The van der Waals surface area contributed by atoms with Crippen LogP contribution in [0.1, 0.15) is 32.1 Å². The van der Waals surface area contributed by atoms with E-state index in [-0.39, 0.29) is 11.7 Å². The quantitative estimate of drug-likeness (QED) is 0.573. The van der Waals surface area contributed by atoms with Crippen LogP contribution in [0.3, 0.4) is 0 Å². The summed E-state index contributed by atoms with van der Waals surface area (Å²) < 4.78 is 0. The number of nitrogens with zero attached hydrogens (tertiary/aromatic N) is 1. The van der Waals surface area contributed by atoms with E-state index >= 15 is 0 Å². The molecule has 1 heterocycles. The molecule has 1 aromatic heterocycles. The fourth-order valence-electron chi connectivity index (χ4n) is 2.38. The first kappa shape index (κ1) is 15.7. The Balaban J connectivity index is 1.77. The average molecular weight is 319 g/mol. The van der Waals surface area contributed by atoms with Crippen LogP contribution in [0.5, 0.6) is 0 Å². The summed E-state index contributed by atoms with van der Waals surface area (Å²) in [6.07, 6.45) is 3.17. The van der Waals surface area contributed by atoms with Crippen molar-refractivity contribution >= 4 is 28.8 Å². The molecule has 24 heavy (non-hydrogen) atoms. The van der Waals surface area contributed by atoms with Gasteiger partial charge in [-0.3, -0.25) is 9.59 Å². The van der Waals surface area contributed by atoms with Crippen LogP contribution in [0.15, 0.2) is 48.5 Å². The molecule has 2 N–H and O–H groups in total. The lowest BCUT2D eigenvalue weighted by Crippen LogP contribution is -2.17.